The molecule has 0 saturated heterocycles. The van der Waals surface area contributed by atoms with Gasteiger partial charge in [0.15, 0.2) is 0 Å². The lowest BCUT2D eigenvalue weighted by Gasteiger charge is -2.13. The van der Waals surface area contributed by atoms with Crippen LogP contribution in [0.25, 0.3) is 0 Å². The van der Waals surface area contributed by atoms with E-state index in [-0.39, 0.29) is 24.8 Å². The fraction of sp³-hybridized carbons (Fsp3) is 0.150. The molecule has 0 bridgehead atoms. The van der Waals surface area contributed by atoms with Crippen molar-refractivity contribution in [1.29, 1.82) is 0 Å². The Morgan fingerprint density at radius 1 is 0.962 bits per heavy atom. The number of nitrogens with one attached hydrogen (secondary N) is 1. The van der Waals surface area contributed by atoms with E-state index in [0.717, 1.165) is 11.3 Å². The summed E-state index contributed by atoms with van der Waals surface area (Å²) >= 11 is 6.10. The van der Waals surface area contributed by atoms with Crippen molar-refractivity contribution in [2.24, 2.45) is 0 Å². The van der Waals surface area contributed by atoms with E-state index in [9.17, 15) is 4.39 Å². The van der Waals surface area contributed by atoms with Crippen LogP contribution in [0.2, 0.25) is 5.02 Å². The van der Waals surface area contributed by atoms with E-state index in [1.165, 1.54) is 6.07 Å². The van der Waals surface area contributed by atoms with E-state index in [1.54, 1.807) is 36.5 Å². The van der Waals surface area contributed by atoms with Gasteiger partial charge in [-0.2, -0.15) is 0 Å². The smallest absolute Gasteiger partial charge is 0.129 e. The van der Waals surface area contributed by atoms with Gasteiger partial charge in [-0.05, 0) is 36.4 Å². The summed E-state index contributed by atoms with van der Waals surface area (Å²) < 4.78 is 19.5. The first-order valence-electron chi connectivity index (χ1n) is 7.97. The number of ether oxygens (including phenoxy) is 1. The number of halogens is 3. The van der Waals surface area contributed by atoms with E-state index < -0.39 is 0 Å². The van der Waals surface area contributed by atoms with Crippen molar-refractivity contribution in [2.45, 2.75) is 19.7 Å². The fourth-order valence-corrected chi connectivity index (χ4v) is 2.62. The number of pyridine rings is 1. The van der Waals surface area contributed by atoms with Crippen LogP contribution in [0, 0.1) is 5.82 Å². The SMILES string of the molecule is Cl.Fc1ccccc1COc1ccc(Cl)cc1CNCc1ccccn1. The molecule has 0 spiro atoms. The Morgan fingerprint density at radius 2 is 1.77 bits per heavy atom. The highest BCUT2D eigenvalue weighted by atomic mass is 35.5. The van der Waals surface area contributed by atoms with Crippen LogP contribution in [0.15, 0.2) is 66.9 Å². The van der Waals surface area contributed by atoms with E-state index in [0.29, 0.717) is 29.4 Å². The predicted molar refractivity (Wildman–Crippen MR) is 104 cm³/mol. The average molecular weight is 393 g/mol. The molecule has 0 aliphatic carbocycles. The van der Waals surface area contributed by atoms with Gasteiger partial charge in [-0.15, -0.1) is 12.4 Å². The van der Waals surface area contributed by atoms with Gasteiger partial charge in [-0.25, -0.2) is 4.39 Å². The van der Waals surface area contributed by atoms with Crippen LogP contribution in [-0.2, 0) is 19.7 Å². The lowest BCUT2D eigenvalue weighted by atomic mass is 10.2. The average Bonchev–Trinajstić information content (AvgIpc) is 2.63. The van der Waals surface area contributed by atoms with Crippen molar-refractivity contribution >= 4 is 24.0 Å². The summed E-state index contributed by atoms with van der Waals surface area (Å²) in [6, 6.07) is 17.8. The second-order valence-electron chi connectivity index (χ2n) is 5.56. The van der Waals surface area contributed by atoms with E-state index in [1.807, 2.05) is 24.3 Å². The molecule has 1 aromatic heterocycles. The molecule has 3 rings (SSSR count). The summed E-state index contributed by atoms with van der Waals surface area (Å²) in [5, 5.41) is 3.95. The van der Waals surface area contributed by atoms with Crippen LogP contribution >= 0.6 is 24.0 Å². The van der Waals surface area contributed by atoms with Crippen molar-refractivity contribution in [3.8, 4) is 5.75 Å². The quantitative estimate of drug-likeness (QED) is 0.602. The molecule has 6 heteroatoms. The fourth-order valence-electron chi connectivity index (χ4n) is 2.43. The molecule has 0 radical (unpaired) electrons. The Labute approximate surface area is 163 Å². The van der Waals surface area contributed by atoms with Crippen LogP contribution < -0.4 is 10.1 Å². The van der Waals surface area contributed by atoms with Gasteiger partial charge in [0.25, 0.3) is 0 Å². The summed E-state index contributed by atoms with van der Waals surface area (Å²) in [6.45, 7) is 1.38. The van der Waals surface area contributed by atoms with Gasteiger partial charge in [0.2, 0.25) is 0 Å². The first-order chi connectivity index (χ1) is 12.2. The lowest BCUT2D eigenvalue weighted by molar-refractivity contribution is 0.296. The van der Waals surface area contributed by atoms with Crippen LogP contribution in [0.3, 0.4) is 0 Å². The molecule has 1 N–H and O–H groups in total. The minimum Gasteiger partial charge on any atom is -0.488 e. The Bertz CT molecular complexity index is 831. The second-order valence-corrected chi connectivity index (χ2v) is 5.99. The zero-order valence-corrected chi connectivity index (χ0v) is 15.6. The molecule has 0 saturated carbocycles. The zero-order chi connectivity index (χ0) is 17.5. The molecule has 136 valence electrons. The number of hydrogen-bond acceptors (Lipinski definition) is 3. The van der Waals surface area contributed by atoms with Gasteiger partial charge in [-0.3, -0.25) is 4.98 Å². The predicted octanol–water partition coefficient (Wildman–Crippen LogP) is 5.16. The molecule has 0 atom stereocenters. The van der Waals surface area contributed by atoms with Crippen molar-refractivity contribution in [3.05, 3.63) is 94.5 Å². The summed E-state index contributed by atoms with van der Waals surface area (Å²) in [5.41, 5.74) is 2.39. The summed E-state index contributed by atoms with van der Waals surface area (Å²) in [7, 11) is 0. The van der Waals surface area contributed by atoms with Gasteiger partial charge in [0.05, 0.1) is 5.69 Å². The number of hydrogen-bond donors (Lipinski definition) is 1. The second kappa shape index (κ2) is 10.1. The first-order valence-corrected chi connectivity index (χ1v) is 8.35. The maximum Gasteiger partial charge on any atom is 0.129 e. The normalized spacial score (nSPS) is 10.2. The minimum absolute atomic E-state index is 0. The third kappa shape index (κ3) is 5.70. The maximum atomic E-state index is 13.7. The molecular weight excluding hydrogens is 374 g/mol. The summed E-state index contributed by atoms with van der Waals surface area (Å²) in [4.78, 5) is 4.27. The highest BCUT2D eigenvalue weighted by molar-refractivity contribution is 6.30. The van der Waals surface area contributed by atoms with Crippen LogP contribution in [0.5, 0.6) is 5.75 Å². The van der Waals surface area contributed by atoms with E-state index >= 15 is 0 Å². The topological polar surface area (TPSA) is 34.1 Å². The summed E-state index contributed by atoms with van der Waals surface area (Å²) in [6.07, 6.45) is 1.76. The Kier molecular flexibility index (Phi) is 7.85. The van der Waals surface area contributed by atoms with Crippen molar-refractivity contribution in [3.63, 3.8) is 0 Å². The lowest BCUT2D eigenvalue weighted by Crippen LogP contribution is -2.14. The van der Waals surface area contributed by atoms with Gasteiger partial charge in [-0.1, -0.05) is 35.9 Å². The third-order valence-electron chi connectivity index (χ3n) is 3.71. The number of rotatable bonds is 7. The maximum absolute atomic E-state index is 13.7. The molecule has 3 nitrogen and oxygen atoms in total. The Balaban J connectivity index is 0.00000243. The van der Waals surface area contributed by atoms with E-state index in [2.05, 4.69) is 10.3 Å². The molecule has 26 heavy (non-hydrogen) atoms. The molecule has 0 aliphatic heterocycles. The van der Waals surface area contributed by atoms with E-state index in [4.69, 9.17) is 16.3 Å². The third-order valence-corrected chi connectivity index (χ3v) is 3.95. The molecule has 0 fully saturated rings. The molecular formula is C20H19Cl2FN2O. The zero-order valence-electron chi connectivity index (χ0n) is 14.0. The van der Waals surface area contributed by atoms with Crippen LogP contribution in [-0.4, -0.2) is 4.98 Å². The van der Waals surface area contributed by atoms with Gasteiger partial charge >= 0.3 is 0 Å². The molecule has 2 aromatic carbocycles. The molecule has 0 aliphatic rings. The molecule has 0 unspecified atom stereocenters. The van der Waals surface area contributed by atoms with Gasteiger partial charge in [0, 0.05) is 35.4 Å². The highest BCUT2D eigenvalue weighted by Gasteiger charge is 2.07. The standard InChI is InChI=1S/C20H18ClFN2O.ClH/c21-17-8-9-20(25-14-15-5-1-2-7-19(15)22)16(11-17)12-23-13-18-6-3-4-10-24-18;/h1-11,23H,12-14H2;1H. The van der Waals surface area contributed by atoms with Crippen LogP contribution in [0.1, 0.15) is 16.8 Å². The van der Waals surface area contributed by atoms with Crippen molar-refractivity contribution in [2.75, 3.05) is 0 Å². The van der Waals surface area contributed by atoms with Crippen molar-refractivity contribution < 1.29 is 9.13 Å². The molecule has 1 heterocycles. The number of benzene rings is 2. The monoisotopic (exact) mass is 392 g/mol. The van der Waals surface area contributed by atoms with Gasteiger partial charge < -0.3 is 10.1 Å². The molecule has 0 amide bonds. The molecule has 3 aromatic rings. The highest BCUT2D eigenvalue weighted by Crippen LogP contribution is 2.24. The first kappa shape index (κ1) is 20.2. The Hall–Kier alpha value is -2.14. The number of aromatic nitrogens is 1. The summed E-state index contributed by atoms with van der Waals surface area (Å²) in [5.74, 6) is 0.410. The minimum atomic E-state index is -0.272. The Morgan fingerprint density at radius 3 is 2.54 bits per heavy atom. The van der Waals surface area contributed by atoms with Crippen molar-refractivity contribution in [1.82, 2.24) is 10.3 Å². The number of nitrogens with zero attached hydrogens (tertiary/aromatic N) is 1. The van der Waals surface area contributed by atoms with Gasteiger partial charge in [0.1, 0.15) is 18.2 Å². The largest absolute Gasteiger partial charge is 0.488 e. The van der Waals surface area contributed by atoms with Crippen LogP contribution in [0.4, 0.5) is 4.39 Å².